The van der Waals surface area contributed by atoms with Crippen LogP contribution < -0.4 is 4.74 Å². The maximum Gasteiger partial charge on any atom is 0.454 e. The number of carbonyl (C=O) groups is 1. The highest BCUT2D eigenvalue weighted by Gasteiger charge is 2.40. The maximum atomic E-state index is 13.7. The highest BCUT2D eigenvalue weighted by molar-refractivity contribution is 6.01. The fraction of sp³-hybridized carbons (Fsp3) is 0.308. The number of halogens is 4. The molecule has 0 aromatic heterocycles. The molecule has 0 amide bonds. The van der Waals surface area contributed by atoms with Crippen molar-refractivity contribution in [1.82, 2.24) is 0 Å². The van der Waals surface area contributed by atoms with Gasteiger partial charge in [-0.15, -0.1) is 0 Å². The molecule has 2 rings (SSSR count). The first-order chi connectivity index (χ1) is 8.60. The Bertz CT molecular complexity index is 571. The van der Waals surface area contributed by atoms with Crippen LogP contribution >= 0.6 is 0 Å². The fourth-order valence-electron chi connectivity index (χ4n) is 1.73. The Balaban J connectivity index is 2.50. The van der Waals surface area contributed by atoms with Crippen molar-refractivity contribution < 1.29 is 27.1 Å². The highest BCUT2D eigenvalue weighted by Crippen LogP contribution is 2.35. The minimum atomic E-state index is -5.03. The van der Waals surface area contributed by atoms with Crippen LogP contribution in [0.1, 0.15) is 29.8 Å². The standard InChI is InChI=1S/C13H10F4O2/c1-12(2)4-3-7-5-8(11(18)13(15,16)17)6-9(14)10(7)19-12/h3-6H,1-2H3. The third-order valence-corrected chi connectivity index (χ3v) is 2.62. The Labute approximate surface area is 106 Å². The Kier molecular flexibility index (Phi) is 2.91. The summed E-state index contributed by atoms with van der Waals surface area (Å²) in [5.74, 6) is -3.21. The molecule has 19 heavy (non-hydrogen) atoms. The van der Waals surface area contributed by atoms with E-state index >= 15 is 0 Å². The first-order valence-electron chi connectivity index (χ1n) is 5.43. The molecule has 2 nitrogen and oxygen atoms in total. The molecule has 102 valence electrons. The molecule has 0 aliphatic carbocycles. The van der Waals surface area contributed by atoms with Crippen molar-refractivity contribution in [3.8, 4) is 5.75 Å². The van der Waals surface area contributed by atoms with E-state index in [1.807, 2.05) is 0 Å². The Morgan fingerprint density at radius 2 is 1.89 bits per heavy atom. The van der Waals surface area contributed by atoms with Crippen molar-refractivity contribution in [3.05, 3.63) is 35.2 Å². The van der Waals surface area contributed by atoms with Crippen LogP contribution in [0.2, 0.25) is 0 Å². The summed E-state index contributed by atoms with van der Waals surface area (Å²) in [6, 6.07) is 1.52. The molecular weight excluding hydrogens is 264 g/mol. The Morgan fingerprint density at radius 3 is 2.47 bits per heavy atom. The van der Waals surface area contributed by atoms with E-state index in [-0.39, 0.29) is 11.3 Å². The van der Waals surface area contributed by atoms with Crippen LogP contribution in [0.3, 0.4) is 0 Å². The number of alkyl halides is 3. The van der Waals surface area contributed by atoms with Crippen molar-refractivity contribution in [3.63, 3.8) is 0 Å². The zero-order valence-corrected chi connectivity index (χ0v) is 10.1. The third-order valence-electron chi connectivity index (χ3n) is 2.62. The molecule has 0 radical (unpaired) electrons. The summed E-state index contributed by atoms with van der Waals surface area (Å²) in [5, 5.41) is 0. The van der Waals surface area contributed by atoms with Crippen molar-refractivity contribution in [1.29, 1.82) is 0 Å². The SMILES string of the molecule is CC1(C)C=Cc2cc(C(=O)C(F)(F)F)cc(F)c2O1. The van der Waals surface area contributed by atoms with Gasteiger partial charge in [0.15, 0.2) is 11.6 Å². The summed E-state index contributed by atoms with van der Waals surface area (Å²) >= 11 is 0. The van der Waals surface area contributed by atoms with Gasteiger partial charge >= 0.3 is 6.18 Å². The normalized spacial score (nSPS) is 16.7. The smallest absolute Gasteiger partial charge is 0.454 e. The van der Waals surface area contributed by atoms with Crippen LogP contribution in [0.4, 0.5) is 17.6 Å². The van der Waals surface area contributed by atoms with Crippen LogP contribution in [0.15, 0.2) is 18.2 Å². The van der Waals surface area contributed by atoms with E-state index in [4.69, 9.17) is 4.74 Å². The molecular formula is C13H10F4O2. The zero-order chi connectivity index (χ0) is 14.4. The van der Waals surface area contributed by atoms with E-state index in [0.29, 0.717) is 6.07 Å². The van der Waals surface area contributed by atoms with Gasteiger partial charge in [0.05, 0.1) is 0 Å². The topological polar surface area (TPSA) is 26.3 Å². The van der Waals surface area contributed by atoms with Crippen molar-refractivity contribution in [2.75, 3.05) is 0 Å². The average molecular weight is 274 g/mol. The number of hydrogen-bond donors (Lipinski definition) is 0. The lowest BCUT2D eigenvalue weighted by atomic mass is 9.99. The quantitative estimate of drug-likeness (QED) is 0.576. The molecule has 1 aromatic carbocycles. The van der Waals surface area contributed by atoms with Crippen molar-refractivity contribution >= 4 is 11.9 Å². The molecule has 1 aromatic rings. The number of benzene rings is 1. The lowest BCUT2D eigenvalue weighted by Gasteiger charge is -2.28. The van der Waals surface area contributed by atoms with Gasteiger partial charge in [0.1, 0.15) is 5.60 Å². The molecule has 0 saturated heterocycles. The van der Waals surface area contributed by atoms with E-state index in [1.165, 1.54) is 6.08 Å². The molecule has 0 N–H and O–H groups in total. The van der Waals surface area contributed by atoms with Crippen LogP contribution in [0.5, 0.6) is 5.75 Å². The third kappa shape index (κ3) is 2.62. The van der Waals surface area contributed by atoms with Gasteiger partial charge in [-0.25, -0.2) is 4.39 Å². The summed E-state index contributed by atoms with van der Waals surface area (Å²) in [7, 11) is 0. The second kappa shape index (κ2) is 4.08. The first-order valence-corrected chi connectivity index (χ1v) is 5.43. The van der Waals surface area contributed by atoms with Gasteiger partial charge in [-0.05, 0) is 32.1 Å². The number of carbonyl (C=O) groups excluding carboxylic acids is 1. The lowest BCUT2D eigenvalue weighted by molar-refractivity contribution is -0.0885. The second-order valence-electron chi connectivity index (χ2n) is 4.74. The van der Waals surface area contributed by atoms with E-state index < -0.39 is 28.9 Å². The van der Waals surface area contributed by atoms with Crippen LogP contribution in [-0.2, 0) is 0 Å². The van der Waals surface area contributed by atoms with Gasteiger partial charge in [-0.2, -0.15) is 13.2 Å². The number of ketones is 1. The molecule has 1 aliphatic heterocycles. The Hall–Kier alpha value is -1.85. The molecule has 0 fully saturated rings. The maximum absolute atomic E-state index is 13.7. The highest BCUT2D eigenvalue weighted by atomic mass is 19.4. The van der Waals surface area contributed by atoms with Crippen molar-refractivity contribution in [2.24, 2.45) is 0 Å². The van der Waals surface area contributed by atoms with Gasteiger partial charge in [0.2, 0.25) is 0 Å². The van der Waals surface area contributed by atoms with Gasteiger partial charge in [0, 0.05) is 11.1 Å². The van der Waals surface area contributed by atoms with Crippen LogP contribution in [0.25, 0.3) is 6.08 Å². The predicted molar refractivity (Wildman–Crippen MR) is 60.5 cm³/mol. The average Bonchev–Trinajstić information content (AvgIpc) is 2.27. The Morgan fingerprint density at radius 1 is 1.26 bits per heavy atom. The molecule has 0 unspecified atom stereocenters. The van der Waals surface area contributed by atoms with E-state index in [2.05, 4.69) is 0 Å². The molecule has 0 bridgehead atoms. The number of hydrogen-bond acceptors (Lipinski definition) is 2. The number of fused-ring (bicyclic) bond motifs is 1. The van der Waals surface area contributed by atoms with Gasteiger partial charge in [-0.3, -0.25) is 4.79 Å². The van der Waals surface area contributed by atoms with Gasteiger partial charge in [0.25, 0.3) is 5.78 Å². The van der Waals surface area contributed by atoms with Gasteiger partial charge in [-0.1, -0.05) is 6.08 Å². The molecule has 0 saturated carbocycles. The number of ether oxygens (including phenoxy) is 1. The number of Topliss-reactive ketones (excluding diaryl/α,β-unsaturated/α-hetero) is 1. The summed E-state index contributed by atoms with van der Waals surface area (Å²) in [5.41, 5.74) is -1.37. The summed E-state index contributed by atoms with van der Waals surface area (Å²) in [6.45, 7) is 3.36. The second-order valence-corrected chi connectivity index (χ2v) is 4.74. The molecule has 6 heteroatoms. The lowest BCUT2D eigenvalue weighted by Crippen LogP contribution is -2.29. The van der Waals surface area contributed by atoms with Crippen LogP contribution in [0, 0.1) is 5.82 Å². The molecule has 1 aliphatic rings. The largest absolute Gasteiger partial charge is 0.480 e. The first kappa shape index (κ1) is 13.6. The van der Waals surface area contributed by atoms with Crippen molar-refractivity contribution in [2.45, 2.75) is 25.6 Å². The monoisotopic (exact) mass is 274 g/mol. The van der Waals surface area contributed by atoms with E-state index in [0.717, 1.165) is 6.07 Å². The minimum Gasteiger partial charge on any atom is -0.480 e. The molecule has 1 heterocycles. The number of rotatable bonds is 1. The molecule has 0 atom stereocenters. The summed E-state index contributed by atoms with van der Waals surface area (Å²) in [6.07, 6.45) is -2.01. The summed E-state index contributed by atoms with van der Waals surface area (Å²) < 4.78 is 56.0. The molecule has 0 spiro atoms. The van der Waals surface area contributed by atoms with E-state index in [9.17, 15) is 22.4 Å². The van der Waals surface area contributed by atoms with Gasteiger partial charge < -0.3 is 4.74 Å². The zero-order valence-electron chi connectivity index (χ0n) is 10.1. The van der Waals surface area contributed by atoms with Crippen LogP contribution in [-0.4, -0.2) is 17.6 Å². The van der Waals surface area contributed by atoms with E-state index in [1.54, 1.807) is 19.9 Å². The fourth-order valence-corrected chi connectivity index (χ4v) is 1.73. The minimum absolute atomic E-state index is 0.118. The summed E-state index contributed by atoms with van der Waals surface area (Å²) in [4.78, 5) is 11.1. The predicted octanol–water partition coefficient (Wildman–Crippen LogP) is 3.75.